The second-order valence-electron chi connectivity index (χ2n) is 7.49. The van der Waals surface area contributed by atoms with Crippen LogP contribution in [0.25, 0.3) is 0 Å². The van der Waals surface area contributed by atoms with E-state index in [2.05, 4.69) is 33.0 Å². The Balaban J connectivity index is 1.67. The summed E-state index contributed by atoms with van der Waals surface area (Å²) in [5, 5.41) is 3.96. The molecule has 0 unspecified atom stereocenters. The van der Waals surface area contributed by atoms with Crippen LogP contribution in [0.5, 0.6) is 5.75 Å². The average molecular weight is 556 g/mol. The first-order valence-electron chi connectivity index (χ1n) is 10.8. The number of hydrogen-bond donors (Lipinski definition) is 1. The van der Waals surface area contributed by atoms with Gasteiger partial charge >= 0.3 is 0 Å². The predicted molar refractivity (Wildman–Crippen MR) is 141 cm³/mol. The first-order chi connectivity index (χ1) is 16.9. The fourth-order valence-corrected chi connectivity index (χ4v) is 4.78. The molecule has 3 aromatic carbocycles. The number of nitrogens with one attached hydrogen (secondary N) is 1. The lowest BCUT2D eigenvalue weighted by atomic mass is 10.1. The zero-order valence-corrected chi connectivity index (χ0v) is 21.4. The summed E-state index contributed by atoms with van der Waals surface area (Å²) in [6.45, 7) is 3.79. The molecule has 0 radical (unpaired) electrons. The van der Waals surface area contributed by atoms with Gasteiger partial charge < -0.3 is 4.74 Å². The van der Waals surface area contributed by atoms with E-state index in [0.29, 0.717) is 18.8 Å². The monoisotopic (exact) mass is 555 g/mol. The summed E-state index contributed by atoms with van der Waals surface area (Å²) in [5.74, 6) is 0.152. The van der Waals surface area contributed by atoms with Gasteiger partial charge in [-0.15, -0.1) is 0 Å². The van der Waals surface area contributed by atoms with E-state index in [1.165, 1.54) is 22.7 Å². The van der Waals surface area contributed by atoms with Gasteiger partial charge in [-0.25, -0.2) is 13.8 Å². The fraction of sp³-hybridized carbons (Fsp3) is 0.154. The molecule has 0 spiro atoms. The van der Waals surface area contributed by atoms with Gasteiger partial charge in [-0.3, -0.25) is 4.79 Å². The van der Waals surface area contributed by atoms with Gasteiger partial charge in [0.25, 0.3) is 5.91 Å². The molecule has 35 heavy (non-hydrogen) atoms. The molecular weight excluding hydrogens is 530 g/mol. The minimum Gasteiger partial charge on any atom is -0.490 e. The highest BCUT2D eigenvalue weighted by atomic mass is 79.9. The molecule has 0 bridgehead atoms. The highest BCUT2D eigenvalue weighted by Crippen LogP contribution is 2.19. The molecule has 3 aromatic rings. The van der Waals surface area contributed by atoms with Crippen molar-refractivity contribution < 1.29 is 17.9 Å². The Hall–Kier alpha value is -3.27. The van der Waals surface area contributed by atoms with Crippen LogP contribution in [0.1, 0.15) is 11.1 Å². The maximum absolute atomic E-state index is 13.3. The number of carbonyl (C=O) groups excluding carboxylic acids is 1. The molecular formula is C26H26BrN3O4S. The first-order valence-corrected chi connectivity index (χ1v) is 13.1. The van der Waals surface area contributed by atoms with Gasteiger partial charge in [0, 0.05) is 11.0 Å². The van der Waals surface area contributed by atoms with Crippen molar-refractivity contribution >= 4 is 38.1 Å². The third kappa shape index (κ3) is 8.17. The molecule has 0 aromatic heterocycles. The minimum absolute atomic E-state index is 0.115. The van der Waals surface area contributed by atoms with E-state index in [1.54, 1.807) is 42.5 Å². The SMILES string of the molecule is C=CCOc1ccc(/C=N\NC(=O)CN(CCc2ccccc2)S(=O)(=O)c2ccc(Br)cc2)cc1. The van der Waals surface area contributed by atoms with E-state index in [9.17, 15) is 13.2 Å². The maximum Gasteiger partial charge on any atom is 0.255 e. The van der Waals surface area contributed by atoms with Crippen LogP contribution in [0.15, 0.2) is 106 Å². The van der Waals surface area contributed by atoms with Crippen LogP contribution in [-0.4, -0.2) is 44.5 Å². The van der Waals surface area contributed by atoms with E-state index in [-0.39, 0.29) is 18.0 Å². The summed E-state index contributed by atoms with van der Waals surface area (Å²) >= 11 is 3.31. The van der Waals surface area contributed by atoms with Crippen molar-refractivity contribution in [3.8, 4) is 5.75 Å². The number of sulfonamides is 1. The Bertz CT molecular complexity index is 1250. The number of rotatable bonds is 12. The van der Waals surface area contributed by atoms with Crippen LogP contribution in [0, 0.1) is 0 Å². The van der Waals surface area contributed by atoms with Gasteiger partial charge in [-0.05, 0) is 66.1 Å². The number of hydrogen-bond acceptors (Lipinski definition) is 5. The molecule has 0 aliphatic carbocycles. The third-order valence-corrected chi connectivity index (χ3v) is 7.30. The van der Waals surface area contributed by atoms with Crippen LogP contribution in [0.4, 0.5) is 0 Å². The lowest BCUT2D eigenvalue weighted by molar-refractivity contribution is -0.121. The van der Waals surface area contributed by atoms with Gasteiger partial charge in [0.2, 0.25) is 10.0 Å². The number of nitrogens with zero attached hydrogens (tertiary/aromatic N) is 2. The molecule has 182 valence electrons. The zero-order chi connectivity index (χ0) is 25.1. The molecule has 3 rings (SSSR count). The standard InChI is InChI=1S/C26H26BrN3O4S/c1-2-18-34-24-12-8-22(9-13-24)19-28-29-26(31)20-30(17-16-21-6-4-3-5-7-21)35(32,33)25-14-10-23(27)11-15-25/h2-15,19H,1,16-18,20H2,(H,29,31)/b28-19-. The third-order valence-electron chi connectivity index (χ3n) is 4.91. The number of benzene rings is 3. The minimum atomic E-state index is -3.89. The smallest absolute Gasteiger partial charge is 0.255 e. The topological polar surface area (TPSA) is 88.1 Å². The highest BCUT2D eigenvalue weighted by molar-refractivity contribution is 9.10. The van der Waals surface area contributed by atoms with Gasteiger partial charge in [0.1, 0.15) is 12.4 Å². The summed E-state index contributed by atoms with van der Waals surface area (Å²) in [4.78, 5) is 12.7. The Kier molecular flexibility index (Phi) is 9.77. The van der Waals surface area contributed by atoms with Crippen molar-refractivity contribution in [3.63, 3.8) is 0 Å². The van der Waals surface area contributed by atoms with E-state index in [1.807, 2.05) is 30.3 Å². The molecule has 1 amide bonds. The highest BCUT2D eigenvalue weighted by Gasteiger charge is 2.26. The van der Waals surface area contributed by atoms with Gasteiger partial charge in [0.15, 0.2) is 0 Å². The summed E-state index contributed by atoms with van der Waals surface area (Å²) in [6.07, 6.45) is 3.60. The van der Waals surface area contributed by atoms with Crippen molar-refractivity contribution in [2.45, 2.75) is 11.3 Å². The van der Waals surface area contributed by atoms with E-state index in [0.717, 1.165) is 15.6 Å². The summed E-state index contributed by atoms with van der Waals surface area (Å²) in [5.41, 5.74) is 4.14. The Morgan fingerprint density at radius 3 is 2.37 bits per heavy atom. The number of carbonyl (C=O) groups is 1. The molecule has 1 N–H and O–H groups in total. The first kappa shape index (κ1) is 26.3. The summed E-state index contributed by atoms with van der Waals surface area (Å²) in [7, 11) is -3.89. The molecule has 0 fully saturated rings. The van der Waals surface area contributed by atoms with E-state index < -0.39 is 15.9 Å². The molecule has 0 aliphatic heterocycles. The van der Waals surface area contributed by atoms with Gasteiger partial charge in [-0.2, -0.15) is 9.41 Å². The summed E-state index contributed by atoms with van der Waals surface area (Å²) in [6, 6.07) is 23.0. The van der Waals surface area contributed by atoms with Crippen LogP contribution >= 0.6 is 15.9 Å². The van der Waals surface area contributed by atoms with Crippen LogP contribution < -0.4 is 10.2 Å². The molecule has 9 heteroatoms. The van der Waals surface area contributed by atoms with Crippen LogP contribution in [0.3, 0.4) is 0 Å². The number of halogens is 1. The quantitative estimate of drug-likeness (QED) is 0.204. The molecule has 0 saturated carbocycles. The van der Waals surface area contributed by atoms with E-state index in [4.69, 9.17) is 4.74 Å². The van der Waals surface area contributed by atoms with Crippen molar-refractivity contribution in [1.82, 2.24) is 9.73 Å². The Morgan fingerprint density at radius 2 is 1.71 bits per heavy atom. The van der Waals surface area contributed by atoms with Gasteiger partial charge in [0.05, 0.1) is 17.7 Å². The molecule has 0 heterocycles. The largest absolute Gasteiger partial charge is 0.490 e. The molecule has 0 atom stereocenters. The normalized spacial score (nSPS) is 11.5. The maximum atomic E-state index is 13.3. The predicted octanol–water partition coefficient (Wildman–Crippen LogP) is 4.40. The lowest BCUT2D eigenvalue weighted by Gasteiger charge is -2.21. The van der Waals surface area contributed by atoms with Gasteiger partial charge in [-0.1, -0.05) is 58.9 Å². The molecule has 0 aliphatic rings. The average Bonchev–Trinajstić information content (AvgIpc) is 2.87. The summed E-state index contributed by atoms with van der Waals surface area (Å²) < 4.78 is 33.9. The molecule has 7 nitrogen and oxygen atoms in total. The zero-order valence-electron chi connectivity index (χ0n) is 19.0. The van der Waals surface area contributed by atoms with Crippen molar-refractivity contribution in [2.75, 3.05) is 19.7 Å². The van der Waals surface area contributed by atoms with Crippen molar-refractivity contribution in [3.05, 3.63) is 107 Å². The second-order valence-corrected chi connectivity index (χ2v) is 10.3. The fourth-order valence-electron chi connectivity index (χ4n) is 3.12. The van der Waals surface area contributed by atoms with Crippen molar-refractivity contribution in [1.29, 1.82) is 0 Å². The van der Waals surface area contributed by atoms with Crippen LogP contribution in [0.2, 0.25) is 0 Å². The number of hydrazone groups is 1. The number of ether oxygens (including phenoxy) is 1. The molecule has 0 saturated heterocycles. The van der Waals surface area contributed by atoms with E-state index >= 15 is 0 Å². The van der Waals surface area contributed by atoms with Crippen molar-refractivity contribution in [2.24, 2.45) is 5.10 Å². The second kappa shape index (κ2) is 13.0. The number of amides is 1. The Morgan fingerprint density at radius 1 is 1.03 bits per heavy atom. The Labute approximate surface area is 214 Å². The lowest BCUT2D eigenvalue weighted by Crippen LogP contribution is -2.40. The van der Waals surface area contributed by atoms with Crippen LogP contribution in [-0.2, 0) is 21.2 Å².